The molecule has 0 radical (unpaired) electrons. The molecule has 4 nitrogen and oxygen atoms in total. The van der Waals surface area contributed by atoms with Gasteiger partial charge < -0.3 is 14.6 Å². The number of hydrogen-bond acceptors (Lipinski definition) is 4. The Kier molecular flexibility index (Phi) is 4.79. The first-order valence-corrected chi connectivity index (χ1v) is 6.01. The van der Waals surface area contributed by atoms with E-state index in [9.17, 15) is 0 Å². The SMILES string of the molecule is OCCN1CCO[C@@H](COc2ccccc2)C1. The summed E-state index contributed by atoms with van der Waals surface area (Å²) in [6.07, 6.45) is 0.0931. The van der Waals surface area contributed by atoms with Crippen molar-refractivity contribution in [1.82, 2.24) is 4.90 Å². The molecule has 1 aliphatic rings. The lowest BCUT2D eigenvalue weighted by Gasteiger charge is -2.32. The Morgan fingerprint density at radius 2 is 2.18 bits per heavy atom. The summed E-state index contributed by atoms with van der Waals surface area (Å²) >= 11 is 0. The standard InChI is InChI=1S/C13H19NO3/c15-8-6-14-7-9-16-13(10-14)11-17-12-4-2-1-3-5-12/h1-5,13,15H,6-11H2/t13-/m1/s1. The quantitative estimate of drug-likeness (QED) is 0.821. The third-order valence-corrected chi connectivity index (χ3v) is 2.82. The molecule has 1 heterocycles. The minimum Gasteiger partial charge on any atom is -0.491 e. The van der Waals surface area contributed by atoms with Crippen LogP contribution in [-0.4, -0.2) is 55.6 Å². The van der Waals surface area contributed by atoms with E-state index in [0.717, 1.165) is 18.8 Å². The van der Waals surface area contributed by atoms with Gasteiger partial charge in [0.25, 0.3) is 0 Å². The molecule has 0 aromatic heterocycles. The summed E-state index contributed by atoms with van der Waals surface area (Å²) in [5, 5.41) is 8.90. The highest BCUT2D eigenvalue weighted by Gasteiger charge is 2.20. The van der Waals surface area contributed by atoms with Crippen LogP contribution in [0.15, 0.2) is 30.3 Å². The fraction of sp³-hybridized carbons (Fsp3) is 0.538. The molecule has 1 aliphatic heterocycles. The van der Waals surface area contributed by atoms with E-state index in [1.54, 1.807) is 0 Å². The maximum absolute atomic E-state index is 8.90. The van der Waals surface area contributed by atoms with Gasteiger partial charge in [0.2, 0.25) is 0 Å². The lowest BCUT2D eigenvalue weighted by Crippen LogP contribution is -2.45. The van der Waals surface area contributed by atoms with Gasteiger partial charge >= 0.3 is 0 Å². The van der Waals surface area contributed by atoms with E-state index < -0.39 is 0 Å². The topological polar surface area (TPSA) is 41.9 Å². The number of benzene rings is 1. The maximum atomic E-state index is 8.90. The molecule has 1 aromatic carbocycles. The first kappa shape index (κ1) is 12.4. The summed E-state index contributed by atoms with van der Waals surface area (Å²) < 4.78 is 11.3. The maximum Gasteiger partial charge on any atom is 0.119 e. The number of β-amino-alcohol motifs (C(OH)–C–C–N with tert-alkyl or cyclic N) is 1. The van der Waals surface area contributed by atoms with Gasteiger partial charge in [0.05, 0.1) is 13.2 Å². The van der Waals surface area contributed by atoms with Crippen molar-refractivity contribution in [3.8, 4) is 5.75 Å². The third kappa shape index (κ3) is 4.00. The van der Waals surface area contributed by atoms with Crippen molar-refractivity contribution >= 4 is 0 Å². The van der Waals surface area contributed by atoms with Crippen LogP contribution < -0.4 is 4.74 Å². The summed E-state index contributed by atoms with van der Waals surface area (Å²) in [7, 11) is 0. The van der Waals surface area contributed by atoms with Gasteiger partial charge in [-0.3, -0.25) is 4.90 Å². The average Bonchev–Trinajstić information content (AvgIpc) is 2.39. The van der Waals surface area contributed by atoms with Crippen LogP contribution in [0.1, 0.15) is 0 Å². The second-order valence-electron chi connectivity index (χ2n) is 4.14. The fourth-order valence-electron chi connectivity index (χ4n) is 1.93. The predicted octanol–water partition coefficient (Wildman–Crippen LogP) is 0.758. The Bertz CT molecular complexity index is 316. The lowest BCUT2D eigenvalue weighted by atomic mass is 10.3. The second-order valence-corrected chi connectivity index (χ2v) is 4.14. The molecule has 0 unspecified atom stereocenters. The molecule has 0 bridgehead atoms. The molecular weight excluding hydrogens is 218 g/mol. The number of aliphatic hydroxyl groups excluding tert-OH is 1. The highest BCUT2D eigenvalue weighted by Crippen LogP contribution is 2.11. The van der Waals surface area contributed by atoms with Crippen LogP contribution in [0.3, 0.4) is 0 Å². The molecule has 17 heavy (non-hydrogen) atoms. The molecule has 0 spiro atoms. The van der Waals surface area contributed by atoms with Crippen LogP contribution in [0.25, 0.3) is 0 Å². The van der Waals surface area contributed by atoms with Crippen LogP contribution in [-0.2, 0) is 4.74 Å². The number of ether oxygens (including phenoxy) is 2. The number of rotatable bonds is 5. The van der Waals surface area contributed by atoms with E-state index in [-0.39, 0.29) is 12.7 Å². The summed E-state index contributed by atoms with van der Waals surface area (Å²) in [5.74, 6) is 0.871. The zero-order chi connectivity index (χ0) is 11.9. The Morgan fingerprint density at radius 3 is 2.94 bits per heavy atom. The third-order valence-electron chi connectivity index (χ3n) is 2.82. The van der Waals surface area contributed by atoms with Crippen molar-refractivity contribution in [2.75, 3.05) is 39.5 Å². The Morgan fingerprint density at radius 1 is 1.35 bits per heavy atom. The van der Waals surface area contributed by atoms with E-state index in [0.29, 0.717) is 19.8 Å². The molecule has 0 aliphatic carbocycles. The highest BCUT2D eigenvalue weighted by atomic mass is 16.5. The summed E-state index contributed by atoms with van der Waals surface area (Å²) in [6, 6.07) is 9.75. The summed E-state index contributed by atoms with van der Waals surface area (Å²) in [6.45, 7) is 3.90. The first-order chi connectivity index (χ1) is 8.38. The number of aliphatic hydroxyl groups is 1. The van der Waals surface area contributed by atoms with Crippen molar-refractivity contribution in [2.45, 2.75) is 6.10 Å². The molecule has 1 saturated heterocycles. The van der Waals surface area contributed by atoms with E-state index >= 15 is 0 Å². The van der Waals surface area contributed by atoms with Gasteiger partial charge in [-0.15, -0.1) is 0 Å². The molecule has 1 atom stereocenters. The average molecular weight is 237 g/mol. The molecule has 94 valence electrons. The van der Waals surface area contributed by atoms with Crippen LogP contribution in [0.5, 0.6) is 5.75 Å². The van der Waals surface area contributed by atoms with Crippen LogP contribution in [0.2, 0.25) is 0 Å². The molecular formula is C13H19NO3. The Labute approximate surface area is 102 Å². The van der Waals surface area contributed by atoms with Gasteiger partial charge in [0.15, 0.2) is 0 Å². The summed E-state index contributed by atoms with van der Waals surface area (Å²) in [4.78, 5) is 2.20. The highest BCUT2D eigenvalue weighted by molar-refractivity contribution is 5.20. The Hall–Kier alpha value is -1.10. The largest absolute Gasteiger partial charge is 0.491 e. The minimum atomic E-state index is 0.0931. The van der Waals surface area contributed by atoms with Crippen molar-refractivity contribution in [1.29, 1.82) is 0 Å². The van der Waals surface area contributed by atoms with Crippen LogP contribution in [0, 0.1) is 0 Å². The zero-order valence-electron chi connectivity index (χ0n) is 9.92. The lowest BCUT2D eigenvalue weighted by molar-refractivity contribution is -0.0508. The molecule has 2 rings (SSSR count). The predicted molar refractivity (Wildman–Crippen MR) is 65.2 cm³/mol. The molecule has 1 fully saturated rings. The van der Waals surface area contributed by atoms with Crippen molar-refractivity contribution in [3.63, 3.8) is 0 Å². The molecule has 1 aromatic rings. The van der Waals surface area contributed by atoms with Gasteiger partial charge in [-0.1, -0.05) is 18.2 Å². The normalized spacial score (nSPS) is 21.4. The van der Waals surface area contributed by atoms with Gasteiger partial charge in [-0.25, -0.2) is 0 Å². The van der Waals surface area contributed by atoms with Crippen molar-refractivity contribution < 1.29 is 14.6 Å². The van der Waals surface area contributed by atoms with Gasteiger partial charge in [0.1, 0.15) is 18.5 Å². The molecule has 0 amide bonds. The Balaban J connectivity index is 1.75. The van der Waals surface area contributed by atoms with Crippen molar-refractivity contribution in [2.24, 2.45) is 0 Å². The molecule has 0 saturated carbocycles. The molecule has 1 N–H and O–H groups in total. The van der Waals surface area contributed by atoms with E-state index in [4.69, 9.17) is 14.6 Å². The number of morpholine rings is 1. The van der Waals surface area contributed by atoms with Crippen LogP contribution >= 0.6 is 0 Å². The smallest absolute Gasteiger partial charge is 0.119 e. The van der Waals surface area contributed by atoms with E-state index in [2.05, 4.69) is 4.90 Å². The minimum absolute atomic E-state index is 0.0931. The number of nitrogens with zero attached hydrogens (tertiary/aromatic N) is 1. The van der Waals surface area contributed by atoms with Crippen molar-refractivity contribution in [3.05, 3.63) is 30.3 Å². The summed E-state index contributed by atoms with van der Waals surface area (Å²) in [5.41, 5.74) is 0. The fourth-order valence-corrected chi connectivity index (χ4v) is 1.93. The monoisotopic (exact) mass is 237 g/mol. The number of para-hydroxylation sites is 1. The van der Waals surface area contributed by atoms with E-state index in [1.165, 1.54) is 0 Å². The second kappa shape index (κ2) is 6.59. The van der Waals surface area contributed by atoms with Crippen LogP contribution in [0.4, 0.5) is 0 Å². The first-order valence-electron chi connectivity index (χ1n) is 6.01. The van der Waals surface area contributed by atoms with Gasteiger partial charge in [0, 0.05) is 19.6 Å². The van der Waals surface area contributed by atoms with Gasteiger partial charge in [-0.2, -0.15) is 0 Å². The van der Waals surface area contributed by atoms with Gasteiger partial charge in [-0.05, 0) is 12.1 Å². The van der Waals surface area contributed by atoms with E-state index in [1.807, 2.05) is 30.3 Å². The zero-order valence-corrected chi connectivity index (χ0v) is 9.92. The number of hydrogen-bond donors (Lipinski definition) is 1. The molecule has 4 heteroatoms.